The quantitative estimate of drug-likeness (QED) is 0.431. The van der Waals surface area contributed by atoms with Crippen LogP contribution < -0.4 is 0 Å². The summed E-state index contributed by atoms with van der Waals surface area (Å²) in [6.45, 7) is 5.81. The average molecular weight is 520 g/mol. The smallest absolute Gasteiger partial charge is 0.289 e. The number of amides is 1. The number of ketones is 2. The molecule has 1 amide bonds. The van der Waals surface area contributed by atoms with Gasteiger partial charge in [-0.25, -0.2) is 0 Å². The number of rotatable bonds is 7. The van der Waals surface area contributed by atoms with Crippen molar-refractivity contribution in [2.24, 2.45) is 0 Å². The molecule has 2 aliphatic carbocycles. The van der Waals surface area contributed by atoms with Gasteiger partial charge in [0.2, 0.25) is 11.6 Å². The lowest BCUT2D eigenvalue weighted by atomic mass is 9.69. The maximum Gasteiger partial charge on any atom is 0.289 e. The van der Waals surface area contributed by atoms with Gasteiger partial charge in [0.15, 0.2) is 5.76 Å². The van der Waals surface area contributed by atoms with Gasteiger partial charge in [0.05, 0.1) is 11.3 Å². The van der Waals surface area contributed by atoms with Crippen molar-refractivity contribution >= 4 is 39.4 Å². The van der Waals surface area contributed by atoms with Crippen LogP contribution in [0.4, 0.5) is 0 Å². The summed E-state index contributed by atoms with van der Waals surface area (Å²) in [4.78, 5) is 41.2. The molecule has 10 heteroatoms. The second kappa shape index (κ2) is 9.22. The zero-order valence-electron chi connectivity index (χ0n) is 20.3. The highest BCUT2D eigenvalue weighted by molar-refractivity contribution is 7.98. The molecule has 1 heterocycles. The number of nitrogens with zero attached hydrogens (tertiary/aromatic N) is 1. The predicted molar refractivity (Wildman–Crippen MR) is 134 cm³/mol. The molecule has 1 N–H and O–H groups in total. The average Bonchev–Trinajstić information content (AvgIpc) is 3.13. The van der Waals surface area contributed by atoms with Crippen LogP contribution >= 0.6 is 11.8 Å². The number of thioether (sulfide) groups is 1. The number of furan rings is 1. The maximum absolute atomic E-state index is 13.4. The Balaban J connectivity index is 1.81. The fraction of sp³-hybridized carbons (Fsp3) is 0.480. The first-order valence-electron chi connectivity index (χ1n) is 11.5. The van der Waals surface area contributed by atoms with Gasteiger partial charge in [-0.1, -0.05) is 26.0 Å². The SMILES string of the molecule is CSCCN(CCS(=O)(=O)O)C(=O)c1oc2c(c1C)C(=O)C(=O)c1c-2ccc2c1CCCC2(C)C. The Morgan fingerprint density at radius 1 is 1.17 bits per heavy atom. The molecular weight excluding hydrogens is 490 g/mol. The molecule has 0 radical (unpaired) electrons. The summed E-state index contributed by atoms with van der Waals surface area (Å²) in [7, 11) is -4.28. The molecule has 4 rings (SSSR count). The molecule has 2 aromatic rings. The Labute approximate surface area is 209 Å². The third-order valence-corrected chi connectivity index (χ3v) is 8.28. The van der Waals surface area contributed by atoms with E-state index in [0.29, 0.717) is 23.3 Å². The number of carbonyl (C=O) groups is 3. The summed E-state index contributed by atoms with van der Waals surface area (Å²) in [6, 6.07) is 3.78. The van der Waals surface area contributed by atoms with E-state index in [-0.39, 0.29) is 41.2 Å². The highest BCUT2D eigenvalue weighted by Gasteiger charge is 2.41. The molecule has 0 saturated carbocycles. The van der Waals surface area contributed by atoms with Crippen LogP contribution in [0.25, 0.3) is 11.3 Å². The van der Waals surface area contributed by atoms with Crippen molar-refractivity contribution in [1.82, 2.24) is 4.90 Å². The topological polar surface area (TPSA) is 122 Å². The fourth-order valence-corrected chi connectivity index (χ4v) is 5.98. The van der Waals surface area contributed by atoms with E-state index in [1.165, 1.54) is 16.7 Å². The normalized spacial score (nSPS) is 16.5. The minimum absolute atomic E-state index is 0.0838. The summed E-state index contributed by atoms with van der Waals surface area (Å²) < 4.78 is 37.7. The van der Waals surface area contributed by atoms with E-state index in [4.69, 9.17) is 8.97 Å². The largest absolute Gasteiger partial charge is 0.450 e. The molecule has 2 aliphatic rings. The molecule has 35 heavy (non-hydrogen) atoms. The van der Waals surface area contributed by atoms with E-state index < -0.39 is 33.3 Å². The van der Waals surface area contributed by atoms with Crippen LogP contribution in [0, 0.1) is 6.92 Å². The zero-order chi connectivity index (χ0) is 25.7. The number of benzene rings is 1. The van der Waals surface area contributed by atoms with Gasteiger partial charge in [0, 0.05) is 35.5 Å². The first-order valence-corrected chi connectivity index (χ1v) is 14.5. The molecule has 0 spiro atoms. The lowest BCUT2D eigenvalue weighted by Gasteiger charge is -2.34. The lowest BCUT2D eigenvalue weighted by molar-refractivity contribution is 0.0743. The van der Waals surface area contributed by atoms with Crippen molar-refractivity contribution in [3.8, 4) is 11.3 Å². The Morgan fingerprint density at radius 2 is 1.86 bits per heavy atom. The molecule has 0 atom stereocenters. The Hall–Kier alpha value is -2.43. The molecule has 1 aromatic carbocycles. The van der Waals surface area contributed by atoms with E-state index in [2.05, 4.69) is 13.8 Å². The molecular formula is C25H29NO7S2. The standard InChI is InChI=1S/C25H29NO7S2/c1-14-18-20(27)21(28)19-15-6-5-9-25(2,3)17(15)8-7-16(19)23(18)33-22(14)24(29)26(10-12-34-4)11-13-35(30,31)32/h7-8H,5-6,9-13H2,1-4H3,(H,30,31,32). The molecule has 8 nitrogen and oxygen atoms in total. The lowest BCUT2D eigenvalue weighted by Crippen LogP contribution is -2.37. The van der Waals surface area contributed by atoms with Crippen LogP contribution in [0.3, 0.4) is 0 Å². The summed E-state index contributed by atoms with van der Waals surface area (Å²) >= 11 is 1.48. The van der Waals surface area contributed by atoms with Crippen LogP contribution in [0.1, 0.15) is 74.7 Å². The molecule has 0 bridgehead atoms. The second-order valence-corrected chi connectivity index (χ2v) is 12.3. The minimum Gasteiger partial charge on any atom is -0.450 e. The highest BCUT2D eigenvalue weighted by Crippen LogP contribution is 2.45. The summed E-state index contributed by atoms with van der Waals surface area (Å²) in [5, 5.41) is 0. The Bertz CT molecular complexity index is 1340. The van der Waals surface area contributed by atoms with E-state index in [0.717, 1.165) is 24.0 Å². The van der Waals surface area contributed by atoms with Gasteiger partial charge < -0.3 is 9.32 Å². The number of hydrogen-bond donors (Lipinski definition) is 1. The number of carbonyl (C=O) groups excluding carboxylic acids is 3. The first kappa shape index (κ1) is 25.7. The minimum atomic E-state index is -4.28. The van der Waals surface area contributed by atoms with Crippen LogP contribution in [0.5, 0.6) is 0 Å². The van der Waals surface area contributed by atoms with Crippen molar-refractivity contribution in [3.05, 3.63) is 45.7 Å². The van der Waals surface area contributed by atoms with Crippen molar-refractivity contribution in [2.45, 2.75) is 45.4 Å². The molecule has 188 valence electrons. The van der Waals surface area contributed by atoms with Gasteiger partial charge >= 0.3 is 0 Å². The monoisotopic (exact) mass is 519 g/mol. The van der Waals surface area contributed by atoms with E-state index in [9.17, 15) is 22.8 Å². The van der Waals surface area contributed by atoms with Gasteiger partial charge in [-0.05, 0) is 49.0 Å². The van der Waals surface area contributed by atoms with E-state index >= 15 is 0 Å². The third-order valence-electron chi connectivity index (χ3n) is 6.99. The number of Topliss-reactive ketones (excluding diaryl/α,β-unsaturated/α-hetero) is 2. The van der Waals surface area contributed by atoms with Gasteiger partial charge in [0.25, 0.3) is 16.0 Å². The van der Waals surface area contributed by atoms with Gasteiger partial charge in [-0.3, -0.25) is 18.9 Å². The fourth-order valence-electron chi connectivity index (χ4n) is 5.13. The van der Waals surface area contributed by atoms with E-state index in [1.54, 1.807) is 13.0 Å². The van der Waals surface area contributed by atoms with Gasteiger partial charge in [-0.15, -0.1) is 0 Å². The second-order valence-electron chi connectivity index (χ2n) is 9.74. The summed E-state index contributed by atoms with van der Waals surface area (Å²) in [5.74, 6) is -1.84. The molecule has 0 unspecified atom stereocenters. The maximum atomic E-state index is 13.4. The Kier molecular flexibility index (Phi) is 6.76. The molecule has 0 fully saturated rings. The van der Waals surface area contributed by atoms with Crippen LogP contribution in [0.15, 0.2) is 16.5 Å². The highest BCUT2D eigenvalue weighted by atomic mass is 32.2. The molecule has 0 aliphatic heterocycles. The summed E-state index contributed by atoms with van der Waals surface area (Å²) in [5.41, 5.74) is 3.04. The Morgan fingerprint density at radius 3 is 2.51 bits per heavy atom. The molecule has 1 aromatic heterocycles. The first-order chi connectivity index (χ1) is 16.4. The van der Waals surface area contributed by atoms with Crippen LogP contribution in [0.2, 0.25) is 0 Å². The van der Waals surface area contributed by atoms with Gasteiger partial charge in [0.1, 0.15) is 5.76 Å². The van der Waals surface area contributed by atoms with Crippen molar-refractivity contribution in [3.63, 3.8) is 0 Å². The number of hydrogen-bond acceptors (Lipinski definition) is 7. The van der Waals surface area contributed by atoms with E-state index in [1.807, 2.05) is 12.3 Å². The van der Waals surface area contributed by atoms with Gasteiger partial charge in [-0.2, -0.15) is 20.2 Å². The van der Waals surface area contributed by atoms with Crippen LogP contribution in [-0.2, 0) is 22.0 Å². The number of fused-ring (bicyclic) bond motifs is 5. The predicted octanol–water partition coefficient (Wildman–Crippen LogP) is 3.94. The van der Waals surface area contributed by atoms with Crippen molar-refractivity contribution < 1.29 is 31.8 Å². The summed E-state index contributed by atoms with van der Waals surface area (Å²) in [6.07, 6.45) is 4.44. The van der Waals surface area contributed by atoms with Crippen molar-refractivity contribution in [1.29, 1.82) is 0 Å². The third kappa shape index (κ3) is 4.59. The zero-order valence-corrected chi connectivity index (χ0v) is 21.9. The van der Waals surface area contributed by atoms with Crippen molar-refractivity contribution in [2.75, 3.05) is 30.9 Å². The van der Waals surface area contributed by atoms with Crippen LogP contribution in [-0.4, -0.2) is 66.2 Å². The molecule has 0 saturated heterocycles.